The third-order valence-electron chi connectivity index (χ3n) is 3.83. The highest BCUT2D eigenvalue weighted by Crippen LogP contribution is 2.32. The first-order chi connectivity index (χ1) is 10.2. The van der Waals surface area contributed by atoms with Crippen LogP contribution in [0.15, 0.2) is 65.6 Å². The Morgan fingerprint density at radius 3 is 2.81 bits per heavy atom. The van der Waals surface area contributed by atoms with Gasteiger partial charge in [-0.1, -0.05) is 42.0 Å². The number of nitrogens with one attached hydrogen (secondary N) is 1. The molecule has 5 heteroatoms. The highest BCUT2D eigenvalue weighted by Gasteiger charge is 2.42. The van der Waals surface area contributed by atoms with Gasteiger partial charge in [0.2, 0.25) is 0 Å². The summed E-state index contributed by atoms with van der Waals surface area (Å²) < 4.78 is 0. The molecule has 1 saturated heterocycles. The molecule has 1 N–H and O–H groups in total. The van der Waals surface area contributed by atoms with Crippen LogP contribution in [0.2, 0.25) is 5.02 Å². The van der Waals surface area contributed by atoms with Crippen molar-refractivity contribution in [3.05, 3.63) is 71.2 Å². The fourth-order valence-electron chi connectivity index (χ4n) is 2.80. The molecule has 104 valence electrons. The minimum atomic E-state index is -0.387. The summed E-state index contributed by atoms with van der Waals surface area (Å²) in [6.07, 6.45) is 9.49. The molecule has 2 aliphatic heterocycles. The molecular weight excluding hydrogens is 286 g/mol. The van der Waals surface area contributed by atoms with Crippen LogP contribution in [0.5, 0.6) is 0 Å². The molecule has 2 unspecified atom stereocenters. The zero-order valence-corrected chi connectivity index (χ0v) is 11.8. The number of hydrogen-bond donors (Lipinski definition) is 1. The van der Waals surface area contributed by atoms with Crippen LogP contribution in [0.3, 0.4) is 0 Å². The molecule has 21 heavy (non-hydrogen) atoms. The highest BCUT2D eigenvalue weighted by molar-refractivity contribution is 6.30. The van der Waals surface area contributed by atoms with Gasteiger partial charge in [0, 0.05) is 5.02 Å². The van der Waals surface area contributed by atoms with E-state index in [4.69, 9.17) is 11.6 Å². The van der Waals surface area contributed by atoms with E-state index in [0.717, 1.165) is 17.1 Å². The first kappa shape index (κ1) is 12.4. The maximum atomic E-state index is 12.8. The molecule has 0 spiro atoms. The summed E-state index contributed by atoms with van der Waals surface area (Å²) in [6.45, 7) is 0. The number of hydrogen-bond acceptors (Lipinski definition) is 3. The monoisotopic (exact) mass is 297 g/mol. The largest absolute Gasteiger partial charge is 0.355 e. The fourth-order valence-corrected chi connectivity index (χ4v) is 2.92. The van der Waals surface area contributed by atoms with Gasteiger partial charge in [0.15, 0.2) is 0 Å². The molecule has 1 amide bonds. The van der Waals surface area contributed by atoms with Crippen molar-refractivity contribution in [1.82, 2.24) is 10.2 Å². The van der Waals surface area contributed by atoms with Crippen molar-refractivity contribution >= 4 is 23.2 Å². The van der Waals surface area contributed by atoms with Gasteiger partial charge in [-0.25, -0.2) is 0 Å². The normalized spacial score (nSPS) is 26.0. The van der Waals surface area contributed by atoms with Crippen LogP contribution in [-0.4, -0.2) is 22.6 Å². The Bertz CT molecular complexity index is 730. The SMILES string of the molecule is O=C1C(c2ccc(Cl)cc2)NC2=CN=C3C=CC=CC3N12. The van der Waals surface area contributed by atoms with Gasteiger partial charge in [-0.3, -0.25) is 14.7 Å². The number of nitrogens with zero attached hydrogens (tertiary/aromatic N) is 2. The molecule has 0 aromatic heterocycles. The van der Waals surface area contributed by atoms with Gasteiger partial charge in [-0.2, -0.15) is 0 Å². The zero-order chi connectivity index (χ0) is 14.4. The first-order valence-corrected chi connectivity index (χ1v) is 7.10. The number of allylic oxidation sites excluding steroid dienone is 2. The van der Waals surface area contributed by atoms with Crippen molar-refractivity contribution in [2.75, 3.05) is 0 Å². The number of halogens is 1. The molecule has 4 rings (SSSR count). The topological polar surface area (TPSA) is 44.7 Å². The lowest BCUT2D eigenvalue weighted by molar-refractivity contribution is -0.128. The first-order valence-electron chi connectivity index (χ1n) is 6.72. The third-order valence-corrected chi connectivity index (χ3v) is 4.08. The van der Waals surface area contributed by atoms with E-state index in [9.17, 15) is 4.79 Å². The number of carbonyl (C=O) groups is 1. The Hall–Kier alpha value is -2.33. The quantitative estimate of drug-likeness (QED) is 0.866. The molecule has 1 aromatic rings. The van der Waals surface area contributed by atoms with Crippen LogP contribution in [-0.2, 0) is 4.79 Å². The number of rotatable bonds is 1. The van der Waals surface area contributed by atoms with Crippen molar-refractivity contribution < 1.29 is 4.79 Å². The molecule has 2 heterocycles. The summed E-state index contributed by atoms with van der Waals surface area (Å²) in [4.78, 5) is 18.9. The Kier molecular flexibility index (Phi) is 2.72. The maximum Gasteiger partial charge on any atom is 0.256 e. The molecule has 0 saturated carbocycles. The molecule has 0 radical (unpaired) electrons. The van der Waals surface area contributed by atoms with Crippen molar-refractivity contribution in [1.29, 1.82) is 0 Å². The van der Waals surface area contributed by atoms with Crippen LogP contribution in [0.25, 0.3) is 0 Å². The van der Waals surface area contributed by atoms with E-state index in [-0.39, 0.29) is 18.0 Å². The predicted octanol–water partition coefficient (Wildman–Crippen LogP) is 2.56. The van der Waals surface area contributed by atoms with Gasteiger partial charge < -0.3 is 5.32 Å². The standard InChI is InChI=1S/C16H12ClN3O/c17-11-7-5-10(6-8-11)15-16(21)20-13-4-2-1-3-12(13)18-9-14(20)19-15/h1-9,13,15,19H. The Morgan fingerprint density at radius 1 is 1.19 bits per heavy atom. The van der Waals surface area contributed by atoms with Crippen molar-refractivity contribution in [3.63, 3.8) is 0 Å². The van der Waals surface area contributed by atoms with E-state index in [1.165, 1.54) is 0 Å². The lowest BCUT2D eigenvalue weighted by atomic mass is 10.0. The third kappa shape index (κ3) is 1.91. The van der Waals surface area contributed by atoms with Gasteiger partial charge in [0.05, 0.1) is 18.0 Å². The van der Waals surface area contributed by atoms with Crippen LogP contribution in [0.4, 0.5) is 0 Å². The van der Waals surface area contributed by atoms with E-state index in [0.29, 0.717) is 5.02 Å². The van der Waals surface area contributed by atoms with Gasteiger partial charge in [-0.15, -0.1) is 0 Å². The lowest BCUT2D eigenvalue weighted by Gasteiger charge is -2.29. The van der Waals surface area contributed by atoms with Crippen LogP contribution in [0, 0.1) is 0 Å². The summed E-state index contributed by atoms with van der Waals surface area (Å²) in [6, 6.07) is 6.82. The van der Waals surface area contributed by atoms with Crippen molar-refractivity contribution in [2.24, 2.45) is 4.99 Å². The molecule has 2 atom stereocenters. The van der Waals surface area contributed by atoms with Crippen molar-refractivity contribution in [2.45, 2.75) is 12.1 Å². The highest BCUT2D eigenvalue weighted by atomic mass is 35.5. The second-order valence-electron chi connectivity index (χ2n) is 5.09. The second-order valence-corrected chi connectivity index (χ2v) is 5.53. The Balaban J connectivity index is 1.69. The van der Waals surface area contributed by atoms with Crippen LogP contribution >= 0.6 is 11.6 Å². The predicted molar refractivity (Wildman–Crippen MR) is 81.8 cm³/mol. The second kappa shape index (κ2) is 4.60. The summed E-state index contributed by atoms with van der Waals surface area (Å²) in [5, 5.41) is 3.90. The summed E-state index contributed by atoms with van der Waals surface area (Å²) in [5.41, 5.74) is 1.78. The number of carbonyl (C=O) groups excluding carboxylic acids is 1. The average molecular weight is 298 g/mol. The number of benzene rings is 1. The molecule has 1 aliphatic carbocycles. The number of aliphatic imine (C=N–C) groups is 1. The number of amides is 1. The van der Waals surface area contributed by atoms with Gasteiger partial charge >= 0.3 is 0 Å². The van der Waals surface area contributed by atoms with Crippen molar-refractivity contribution in [3.8, 4) is 0 Å². The minimum Gasteiger partial charge on any atom is -0.355 e. The van der Waals surface area contributed by atoms with Gasteiger partial charge in [0.1, 0.15) is 11.9 Å². The molecule has 0 bridgehead atoms. The van der Waals surface area contributed by atoms with E-state index < -0.39 is 0 Å². The summed E-state index contributed by atoms with van der Waals surface area (Å²) in [7, 11) is 0. The van der Waals surface area contributed by atoms with Crippen LogP contribution < -0.4 is 5.32 Å². The van der Waals surface area contributed by atoms with E-state index in [2.05, 4.69) is 10.3 Å². The number of fused-ring (bicyclic) bond motifs is 3. The van der Waals surface area contributed by atoms with E-state index in [1.54, 1.807) is 23.2 Å². The van der Waals surface area contributed by atoms with Crippen LogP contribution in [0.1, 0.15) is 11.6 Å². The Labute approximate surface area is 127 Å². The summed E-state index contributed by atoms with van der Waals surface area (Å²) >= 11 is 5.91. The molecule has 1 fully saturated rings. The molecule has 4 nitrogen and oxygen atoms in total. The maximum absolute atomic E-state index is 12.8. The minimum absolute atomic E-state index is 0.0286. The summed E-state index contributed by atoms with van der Waals surface area (Å²) in [5.74, 6) is 0.773. The smallest absolute Gasteiger partial charge is 0.256 e. The van der Waals surface area contributed by atoms with E-state index >= 15 is 0 Å². The Morgan fingerprint density at radius 2 is 2.00 bits per heavy atom. The van der Waals surface area contributed by atoms with Gasteiger partial charge in [-0.05, 0) is 23.8 Å². The lowest BCUT2D eigenvalue weighted by Crippen LogP contribution is -2.42. The molecule has 3 aliphatic rings. The van der Waals surface area contributed by atoms with Gasteiger partial charge in [0.25, 0.3) is 5.91 Å². The van der Waals surface area contributed by atoms with E-state index in [1.807, 2.05) is 36.4 Å². The molecule has 1 aromatic carbocycles. The fraction of sp³-hybridized carbons (Fsp3) is 0.125. The molecular formula is C16H12ClN3O. The zero-order valence-electron chi connectivity index (χ0n) is 11.0. The average Bonchev–Trinajstić information content (AvgIpc) is 2.86.